The van der Waals surface area contributed by atoms with E-state index in [9.17, 15) is 4.79 Å². The molecule has 0 aromatic heterocycles. The molecule has 19 heavy (non-hydrogen) atoms. The molecule has 1 aromatic carbocycles. The summed E-state index contributed by atoms with van der Waals surface area (Å²) in [6.45, 7) is 3.56. The maximum Gasteiger partial charge on any atom is 0.223 e. The number of nitrogens with zero attached hydrogens (tertiary/aromatic N) is 1. The topological polar surface area (TPSA) is 46.3 Å². The lowest BCUT2D eigenvalue weighted by molar-refractivity contribution is -0.134. The van der Waals surface area contributed by atoms with Crippen LogP contribution in [0.15, 0.2) is 24.3 Å². The third kappa shape index (κ3) is 3.80. The minimum absolute atomic E-state index is 0.261. The highest BCUT2D eigenvalue weighted by Gasteiger charge is 2.24. The van der Waals surface area contributed by atoms with Gasteiger partial charge in [-0.15, -0.1) is 0 Å². The number of carbonyl (C=O) groups is 1. The van der Waals surface area contributed by atoms with Gasteiger partial charge < -0.3 is 10.6 Å². The van der Waals surface area contributed by atoms with Crippen LogP contribution < -0.4 is 5.73 Å². The lowest BCUT2D eigenvalue weighted by Crippen LogP contribution is -2.47. The van der Waals surface area contributed by atoms with Gasteiger partial charge in [0.1, 0.15) is 0 Å². The number of aryl methyl sites for hydroxylation is 2. The zero-order valence-electron chi connectivity index (χ0n) is 11.8. The van der Waals surface area contributed by atoms with E-state index >= 15 is 0 Å². The highest BCUT2D eigenvalue weighted by Crippen LogP contribution is 2.18. The summed E-state index contributed by atoms with van der Waals surface area (Å²) in [5, 5.41) is 0. The monoisotopic (exact) mass is 260 g/mol. The molecule has 1 aromatic rings. The summed E-state index contributed by atoms with van der Waals surface area (Å²) < 4.78 is 0. The van der Waals surface area contributed by atoms with Gasteiger partial charge in [-0.25, -0.2) is 0 Å². The van der Waals surface area contributed by atoms with Gasteiger partial charge in [-0.2, -0.15) is 0 Å². The molecular formula is C16H24N2O. The van der Waals surface area contributed by atoms with Gasteiger partial charge in [-0.05, 0) is 38.2 Å². The van der Waals surface area contributed by atoms with Crippen LogP contribution in [-0.4, -0.2) is 29.9 Å². The Hall–Kier alpha value is -1.35. The highest BCUT2D eigenvalue weighted by molar-refractivity contribution is 5.77. The molecule has 3 nitrogen and oxygen atoms in total. The summed E-state index contributed by atoms with van der Waals surface area (Å²) in [5.74, 6) is 0.261. The first-order valence-corrected chi connectivity index (χ1v) is 7.26. The molecule has 1 heterocycles. The van der Waals surface area contributed by atoms with Crippen LogP contribution in [0.2, 0.25) is 0 Å². The zero-order valence-corrected chi connectivity index (χ0v) is 11.8. The van der Waals surface area contributed by atoms with Gasteiger partial charge in [0, 0.05) is 25.6 Å². The van der Waals surface area contributed by atoms with E-state index in [-0.39, 0.29) is 11.9 Å². The SMILES string of the molecule is Cc1cccc(CCC(=O)N2CCCCC2CN)c1. The van der Waals surface area contributed by atoms with Crippen LogP contribution >= 0.6 is 0 Å². The molecule has 2 N–H and O–H groups in total. The zero-order chi connectivity index (χ0) is 13.7. The molecule has 1 amide bonds. The molecule has 1 aliphatic rings. The second-order valence-corrected chi connectivity index (χ2v) is 5.46. The second kappa shape index (κ2) is 6.71. The van der Waals surface area contributed by atoms with E-state index < -0.39 is 0 Å². The molecule has 0 saturated carbocycles. The summed E-state index contributed by atoms with van der Waals surface area (Å²) in [4.78, 5) is 14.3. The van der Waals surface area contributed by atoms with Crippen LogP contribution in [-0.2, 0) is 11.2 Å². The van der Waals surface area contributed by atoms with Crippen molar-refractivity contribution in [1.82, 2.24) is 4.90 Å². The number of likely N-dealkylation sites (tertiary alicyclic amines) is 1. The molecule has 3 heteroatoms. The molecule has 1 fully saturated rings. The number of rotatable bonds is 4. The summed E-state index contributed by atoms with van der Waals surface area (Å²) in [7, 11) is 0. The van der Waals surface area contributed by atoms with Crippen molar-refractivity contribution in [2.75, 3.05) is 13.1 Å². The van der Waals surface area contributed by atoms with Gasteiger partial charge in [-0.3, -0.25) is 4.79 Å². The van der Waals surface area contributed by atoms with Crippen LogP contribution in [0.3, 0.4) is 0 Å². The van der Waals surface area contributed by atoms with Crippen molar-refractivity contribution >= 4 is 5.91 Å². The molecule has 0 spiro atoms. The van der Waals surface area contributed by atoms with E-state index in [1.165, 1.54) is 17.5 Å². The van der Waals surface area contributed by atoms with Crippen molar-refractivity contribution in [1.29, 1.82) is 0 Å². The Morgan fingerprint density at radius 1 is 1.42 bits per heavy atom. The van der Waals surface area contributed by atoms with Crippen molar-refractivity contribution in [3.8, 4) is 0 Å². The Morgan fingerprint density at radius 3 is 3.00 bits per heavy atom. The first-order valence-electron chi connectivity index (χ1n) is 7.26. The average Bonchev–Trinajstić information content (AvgIpc) is 2.45. The minimum Gasteiger partial charge on any atom is -0.338 e. The predicted molar refractivity (Wildman–Crippen MR) is 77.9 cm³/mol. The van der Waals surface area contributed by atoms with Gasteiger partial charge in [0.2, 0.25) is 5.91 Å². The molecule has 1 aliphatic heterocycles. The highest BCUT2D eigenvalue weighted by atomic mass is 16.2. The first kappa shape index (κ1) is 14.1. The minimum atomic E-state index is 0.261. The lowest BCUT2D eigenvalue weighted by atomic mass is 10.0. The Balaban J connectivity index is 1.89. The van der Waals surface area contributed by atoms with Gasteiger partial charge in [-0.1, -0.05) is 29.8 Å². The number of amides is 1. The molecule has 0 bridgehead atoms. The van der Waals surface area contributed by atoms with Crippen molar-refractivity contribution in [3.63, 3.8) is 0 Å². The molecule has 1 atom stereocenters. The second-order valence-electron chi connectivity index (χ2n) is 5.46. The summed E-state index contributed by atoms with van der Waals surface area (Å²) >= 11 is 0. The molecule has 2 rings (SSSR count). The van der Waals surface area contributed by atoms with Crippen molar-refractivity contribution in [2.45, 2.75) is 45.1 Å². The average molecular weight is 260 g/mol. The Kier molecular flexibility index (Phi) is 4.97. The lowest BCUT2D eigenvalue weighted by Gasteiger charge is -2.35. The Labute approximate surface area is 115 Å². The number of nitrogens with two attached hydrogens (primary N) is 1. The predicted octanol–water partition coefficient (Wildman–Crippen LogP) is 2.27. The molecular weight excluding hydrogens is 236 g/mol. The fraction of sp³-hybridized carbons (Fsp3) is 0.562. The number of hydrogen-bond donors (Lipinski definition) is 1. The summed E-state index contributed by atoms with van der Waals surface area (Å²) in [5.41, 5.74) is 8.26. The normalized spacial score (nSPS) is 19.5. The summed E-state index contributed by atoms with van der Waals surface area (Å²) in [6.07, 6.45) is 4.80. The van der Waals surface area contributed by atoms with E-state index in [4.69, 9.17) is 5.73 Å². The van der Waals surface area contributed by atoms with Gasteiger partial charge in [0.05, 0.1) is 0 Å². The quantitative estimate of drug-likeness (QED) is 0.902. The van der Waals surface area contributed by atoms with Crippen molar-refractivity contribution in [3.05, 3.63) is 35.4 Å². The summed E-state index contributed by atoms with van der Waals surface area (Å²) in [6, 6.07) is 8.65. The van der Waals surface area contributed by atoms with Crippen molar-refractivity contribution in [2.24, 2.45) is 5.73 Å². The van der Waals surface area contributed by atoms with Crippen LogP contribution in [0, 0.1) is 6.92 Å². The van der Waals surface area contributed by atoms with E-state index in [0.29, 0.717) is 13.0 Å². The smallest absolute Gasteiger partial charge is 0.223 e. The third-order valence-corrected chi connectivity index (χ3v) is 3.93. The Bertz CT molecular complexity index is 431. The van der Waals surface area contributed by atoms with E-state index in [1.54, 1.807) is 0 Å². The fourth-order valence-corrected chi connectivity index (χ4v) is 2.84. The molecule has 0 radical (unpaired) electrons. The molecule has 1 saturated heterocycles. The number of piperidine rings is 1. The van der Waals surface area contributed by atoms with E-state index in [0.717, 1.165) is 25.8 Å². The standard InChI is InChI=1S/C16H24N2O/c1-13-5-4-6-14(11-13)8-9-16(19)18-10-3-2-7-15(18)12-17/h4-6,11,15H,2-3,7-10,12,17H2,1H3. The van der Waals surface area contributed by atoms with E-state index in [2.05, 4.69) is 31.2 Å². The number of benzene rings is 1. The number of hydrogen-bond acceptors (Lipinski definition) is 2. The fourth-order valence-electron chi connectivity index (χ4n) is 2.84. The van der Waals surface area contributed by atoms with Gasteiger partial charge in [0.15, 0.2) is 0 Å². The van der Waals surface area contributed by atoms with Gasteiger partial charge >= 0.3 is 0 Å². The maximum atomic E-state index is 12.3. The first-order chi connectivity index (χ1) is 9.20. The molecule has 0 aliphatic carbocycles. The molecule has 104 valence electrons. The van der Waals surface area contributed by atoms with Crippen LogP contribution in [0.5, 0.6) is 0 Å². The largest absolute Gasteiger partial charge is 0.338 e. The van der Waals surface area contributed by atoms with E-state index in [1.807, 2.05) is 4.90 Å². The van der Waals surface area contributed by atoms with Crippen LogP contribution in [0.4, 0.5) is 0 Å². The maximum absolute atomic E-state index is 12.3. The molecule has 1 unspecified atom stereocenters. The third-order valence-electron chi connectivity index (χ3n) is 3.93. The Morgan fingerprint density at radius 2 is 2.26 bits per heavy atom. The van der Waals surface area contributed by atoms with Crippen molar-refractivity contribution < 1.29 is 4.79 Å². The van der Waals surface area contributed by atoms with Crippen LogP contribution in [0.1, 0.15) is 36.8 Å². The van der Waals surface area contributed by atoms with Crippen LogP contribution in [0.25, 0.3) is 0 Å². The number of carbonyl (C=O) groups excluding carboxylic acids is 1. The van der Waals surface area contributed by atoms with Gasteiger partial charge in [0.25, 0.3) is 0 Å².